The number of rotatable bonds is 3. The van der Waals surface area contributed by atoms with Crippen LogP contribution in [0.1, 0.15) is 61.3 Å². The predicted molar refractivity (Wildman–Crippen MR) is 111 cm³/mol. The Labute approximate surface area is 175 Å². The molecule has 0 saturated carbocycles. The van der Waals surface area contributed by atoms with Crippen LogP contribution in [0.15, 0.2) is 30.3 Å². The van der Waals surface area contributed by atoms with Gasteiger partial charge < -0.3 is 4.90 Å². The Morgan fingerprint density at radius 2 is 2.10 bits per heavy atom. The van der Waals surface area contributed by atoms with E-state index >= 15 is 0 Å². The molecule has 0 aliphatic carbocycles. The first kappa shape index (κ1) is 20.0. The summed E-state index contributed by atoms with van der Waals surface area (Å²) >= 11 is 0. The molecule has 0 N–H and O–H groups in total. The molecule has 1 aliphatic rings. The molecular formula is C23H24FN5O. The highest BCUT2D eigenvalue weighted by Gasteiger charge is 2.25. The van der Waals surface area contributed by atoms with E-state index < -0.39 is 5.82 Å². The molecule has 2 aromatic heterocycles. The average molecular weight is 405 g/mol. The van der Waals surface area contributed by atoms with Crippen LogP contribution >= 0.6 is 0 Å². The summed E-state index contributed by atoms with van der Waals surface area (Å²) in [4.78, 5) is 19.7. The Kier molecular flexibility index (Phi) is 5.49. The minimum Gasteiger partial charge on any atom is -0.335 e. The maximum absolute atomic E-state index is 14.5. The Bertz CT molecular complexity index is 1150. The highest BCUT2D eigenvalue weighted by Crippen LogP contribution is 2.25. The molecule has 6 nitrogen and oxygen atoms in total. The van der Waals surface area contributed by atoms with E-state index in [-0.39, 0.29) is 17.5 Å². The Morgan fingerprint density at radius 1 is 1.27 bits per heavy atom. The van der Waals surface area contributed by atoms with Gasteiger partial charge in [0.05, 0.1) is 17.3 Å². The molecule has 1 saturated heterocycles. The summed E-state index contributed by atoms with van der Waals surface area (Å²) in [5.74, 6) is -0.570. The van der Waals surface area contributed by atoms with Crippen molar-refractivity contribution in [2.75, 3.05) is 6.54 Å². The summed E-state index contributed by atoms with van der Waals surface area (Å²) in [6.45, 7) is 4.82. The molecule has 1 fully saturated rings. The third-order valence-corrected chi connectivity index (χ3v) is 5.77. The van der Waals surface area contributed by atoms with Gasteiger partial charge in [0, 0.05) is 29.9 Å². The molecule has 1 aromatic carbocycles. The second-order valence-electron chi connectivity index (χ2n) is 7.79. The minimum absolute atomic E-state index is 0.0612. The van der Waals surface area contributed by atoms with Gasteiger partial charge >= 0.3 is 0 Å². The lowest BCUT2D eigenvalue weighted by molar-refractivity contribution is 0.0692. The zero-order valence-corrected chi connectivity index (χ0v) is 17.2. The van der Waals surface area contributed by atoms with Crippen LogP contribution in [-0.4, -0.2) is 38.0 Å². The topological polar surface area (TPSA) is 74.3 Å². The number of likely N-dealkylation sites (tertiary alicyclic amines) is 1. The van der Waals surface area contributed by atoms with Crippen LogP contribution in [0.25, 0.3) is 16.9 Å². The van der Waals surface area contributed by atoms with Crippen molar-refractivity contribution < 1.29 is 9.18 Å². The molecule has 0 unspecified atom stereocenters. The summed E-state index contributed by atoms with van der Waals surface area (Å²) in [6.07, 6.45) is 4.95. The number of hydrogen-bond donors (Lipinski definition) is 0. The minimum atomic E-state index is -0.509. The molecule has 30 heavy (non-hydrogen) atoms. The number of amides is 1. The molecule has 0 radical (unpaired) electrons. The molecule has 7 heteroatoms. The highest BCUT2D eigenvalue weighted by atomic mass is 19.1. The highest BCUT2D eigenvalue weighted by molar-refractivity contribution is 5.93. The van der Waals surface area contributed by atoms with Crippen molar-refractivity contribution in [1.82, 2.24) is 19.5 Å². The van der Waals surface area contributed by atoms with Crippen molar-refractivity contribution in [3.05, 3.63) is 53.1 Å². The van der Waals surface area contributed by atoms with Gasteiger partial charge in [-0.1, -0.05) is 19.8 Å². The van der Waals surface area contributed by atoms with Crippen molar-refractivity contribution in [3.8, 4) is 17.3 Å². The smallest absolute Gasteiger partial charge is 0.272 e. The number of carbonyl (C=O) groups is 1. The van der Waals surface area contributed by atoms with Crippen LogP contribution in [0, 0.1) is 17.1 Å². The van der Waals surface area contributed by atoms with E-state index in [2.05, 4.69) is 17.0 Å². The summed E-state index contributed by atoms with van der Waals surface area (Å²) in [7, 11) is 0. The predicted octanol–water partition coefficient (Wildman–Crippen LogP) is 4.37. The lowest BCUT2D eigenvalue weighted by atomic mass is 10.1. The van der Waals surface area contributed by atoms with E-state index in [1.54, 1.807) is 28.8 Å². The zero-order chi connectivity index (χ0) is 21.3. The number of hydrogen-bond acceptors (Lipinski definition) is 4. The van der Waals surface area contributed by atoms with Gasteiger partial charge in [-0.2, -0.15) is 10.4 Å². The third-order valence-electron chi connectivity index (χ3n) is 5.77. The number of carbonyl (C=O) groups excluding carboxylic acids is 1. The molecule has 0 bridgehead atoms. The Morgan fingerprint density at radius 3 is 2.83 bits per heavy atom. The van der Waals surface area contributed by atoms with E-state index in [1.807, 2.05) is 17.9 Å². The molecule has 1 aliphatic heterocycles. The van der Waals surface area contributed by atoms with Crippen LogP contribution in [0.4, 0.5) is 4.39 Å². The SMILES string of the molecule is CCc1cc(C(=O)N2CCCCC[C@H]2C)nc2cc(-c3ccc(C#N)cc3F)nn12. The van der Waals surface area contributed by atoms with Crippen LogP contribution in [0.5, 0.6) is 0 Å². The second-order valence-corrected chi connectivity index (χ2v) is 7.79. The molecule has 0 spiro atoms. The van der Waals surface area contributed by atoms with E-state index in [1.165, 1.54) is 6.07 Å². The van der Waals surface area contributed by atoms with Crippen molar-refractivity contribution in [2.45, 2.75) is 52.0 Å². The first-order valence-electron chi connectivity index (χ1n) is 10.4. The van der Waals surface area contributed by atoms with Gasteiger partial charge in [-0.05, 0) is 50.5 Å². The van der Waals surface area contributed by atoms with Crippen LogP contribution in [-0.2, 0) is 6.42 Å². The van der Waals surface area contributed by atoms with Gasteiger partial charge in [0.1, 0.15) is 11.5 Å². The molecule has 1 amide bonds. The summed E-state index contributed by atoms with van der Waals surface area (Å²) in [5.41, 5.74) is 2.74. The molecule has 1 atom stereocenters. The molecular weight excluding hydrogens is 381 g/mol. The fourth-order valence-corrected chi connectivity index (χ4v) is 4.05. The van der Waals surface area contributed by atoms with Crippen molar-refractivity contribution in [2.24, 2.45) is 0 Å². The summed E-state index contributed by atoms with van der Waals surface area (Å²) < 4.78 is 16.1. The van der Waals surface area contributed by atoms with Crippen molar-refractivity contribution in [1.29, 1.82) is 5.26 Å². The largest absolute Gasteiger partial charge is 0.335 e. The maximum Gasteiger partial charge on any atom is 0.272 e. The molecule has 3 aromatic rings. The van der Waals surface area contributed by atoms with Crippen molar-refractivity contribution in [3.63, 3.8) is 0 Å². The Balaban J connectivity index is 1.76. The van der Waals surface area contributed by atoms with Gasteiger partial charge in [-0.3, -0.25) is 4.79 Å². The molecule has 3 heterocycles. The van der Waals surface area contributed by atoms with Gasteiger partial charge in [0.25, 0.3) is 5.91 Å². The van der Waals surface area contributed by atoms with E-state index in [4.69, 9.17) is 5.26 Å². The second kappa shape index (κ2) is 8.23. The van der Waals surface area contributed by atoms with Crippen LogP contribution < -0.4 is 0 Å². The van der Waals surface area contributed by atoms with Gasteiger partial charge in [0.15, 0.2) is 5.65 Å². The zero-order valence-electron chi connectivity index (χ0n) is 17.2. The number of aromatic nitrogens is 3. The van der Waals surface area contributed by atoms with Crippen molar-refractivity contribution >= 4 is 11.6 Å². The number of nitrogens with zero attached hydrogens (tertiary/aromatic N) is 5. The Hall–Kier alpha value is -3.27. The first-order valence-corrected chi connectivity index (χ1v) is 10.4. The fourth-order valence-electron chi connectivity index (χ4n) is 4.05. The lowest BCUT2D eigenvalue weighted by Crippen LogP contribution is -2.38. The normalized spacial score (nSPS) is 17.0. The van der Waals surface area contributed by atoms with Crippen LogP contribution in [0.3, 0.4) is 0 Å². The van der Waals surface area contributed by atoms with E-state index in [9.17, 15) is 9.18 Å². The average Bonchev–Trinajstić information content (AvgIpc) is 3.06. The number of aryl methyl sites for hydroxylation is 1. The van der Waals surface area contributed by atoms with Crippen LogP contribution in [0.2, 0.25) is 0 Å². The lowest BCUT2D eigenvalue weighted by Gasteiger charge is -2.27. The number of halogens is 1. The van der Waals surface area contributed by atoms with Gasteiger partial charge in [0.2, 0.25) is 0 Å². The first-order chi connectivity index (χ1) is 14.5. The number of nitriles is 1. The van der Waals surface area contributed by atoms with E-state index in [0.717, 1.165) is 37.9 Å². The third kappa shape index (κ3) is 3.65. The monoisotopic (exact) mass is 405 g/mol. The molecule has 154 valence electrons. The standard InChI is InChI=1S/C23H24FN5O/c1-3-17-12-21(23(30)28-10-6-4-5-7-15(28)2)26-22-13-20(27-29(17)22)18-9-8-16(14-25)11-19(18)24/h8-9,11-13,15H,3-7,10H2,1-2H3/t15-/m1/s1. The van der Waals surface area contributed by atoms with Gasteiger partial charge in [-0.15, -0.1) is 0 Å². The summed E-state index contributed by atoms with van der Waals surface area (Å²) in [5, 5.41) is 13.5. The summed E-state index contributed by atoms with van der Waals surface area (Å²) in [6, 6.07) is 9.91. The number of fused-ring (bicyclic) bond motifs is 1. The fraction of sp³-hybridized carbons (Fsp3) is 0.391. The maximum atomic E-state index is 14.5. The molecule has 4 rings (SSSR count). The number of benzene rings is 1. The van der Waals surface area contributed by atoms with Gasteiger partial charge in [-0.25, -0.2) is 13.9 Å². The van der Waals surface area contributed by atoms with E-state index in [0.29, 0.717) is 29.0 Å². The quantitative estimate of drug-likeness (QED) is 0.648.